The Balaban J connectivity index is 1.54. The fourth-order valence-electron chi connectivity index (χ4n) is 3.91. The van der Waals surface area contributed by atoms with Gasteiger partial charge < -0.3 is 9.64 Å². The summed E-state index contributed by atoms with van der Waals surface area (Å²) in [5.41, 5.74) is 1.90. The Morgan fingerprint density at radius 2 is 1.71 bits per heavy atom. The van der Waals surface area contributed by atoms with Gasteiger partial charge in [-0.25, -0.2) is 8.42 Å². The van der Waals surface area contributed by atoms with Crippen LogP contribution in [0.4, 0.5) is 5.69 Å². The molecule has 0 bridgehead atoms. The molecule has 168 valence electrons. The lowest BCUT2D eigenvalue weighted by Crippen LogP contribution is -2.45. The maximum Gasteiger partial charge on any atom is 0.263 e. The summed E-state index contributed by atoms with van der Waals surface area (Å²) in [5.74, 6) is 1.19. The van der Waals surface area contributed by atoms with Crippen molar-refractivity contribution in [2.24, 2.45) is 5.92 Å². The number of hydrogen-bond donors (Lipinski definition) is 0. The van der Waals surface area contributed by atoms with Gasteiger partial charge in [-0.15, -0.1) is 0 Å². The Kier molecular flexibility index (Phi) is 7.59. The zero-order chi connectivity index (χ0) is 22.4. The second-order valence-electron chi connectivity index (χ2n) is 8.20. The summed E-state index contributed by atoms with van der Waals surface area (Å²) in [5, 5.41) is 0. The molecule has 0 aromatic heterocycles. The van der Waals surface area contributed by atoms with Crippen molar-refractivity contribution in [2.45, 2.75) is 38.7 Å². The lowest BCUT2D eigenvalue weighted by molar-refractivity contribution is -0.140. The molecule has 6 nitrogen and oxygen atoms in total. The molecule has 3 rings (SSSR count). The van der Waals surface area contributed by atoms with Gasteiger partial charge in [-0.1, -0.05) is 37.3 Å². The topological polar surface area (TPSA) is 66.9 Å². The van der Waals surface area contributed by atoms with Gasteiger partial charge in [-0.2, -0.15) is 0 Å². The largest absolute Gasteiger partial charge is 0.481 e. The van der Waals surface area contributed by atoms with Crippen LogP contribution in [0, 0.1) is 5.92 Å². The predicted octanol–water partition coefficient (Wildman–Crippen LogP) is 3.72. The van der Waals surface area contributed by atoms with Gasteiger partial charge in [0.1, 0.15) is 5.75 Å². The van der Waals surface area contributed by atoms with Crippen molar-refractivity contribution < 1.29 is 17.9 Å². The number of likely N-dealkylation sites (tertiary alicyclic amines) is 1. The average Bonchev–Trinajstić information content (AvgIpc) is 2.77. The van der Waals surface area contributed by atoms with Crippen LogP contribution in [0.1, 0.15) is 31.7 Å². The third kappa shape index (κ3) is 6.23. The van der Waals surface area contributed by atoms with E-state index in [1.165, 1.54) is 16.9 Å². The number of sulfonamides is 1. The lowest BCUT2D eigenvalue weighted by atomic mass is 9.90. The molecule has 1 aliphatic rings. The number of carbonyl (C=O) groups is 1. The zero-order valence-electron chi connectivity index (χ0n) is 18.5. The Morgan fingerprint density at radius 1 is 1.10 bits per heavy atom. The molecule has 0 unspecified atom stereocenters. The number of rotatable bonds is 8. The molecule has 1 atom stereocenters. The first-order valence-electron chi connectivity index (χ1n) is 10.8. The van der Waals surface area contributed by atoms with Crippen LogP contribution in [0.2, 0.25) is 0 Å². The van der Waals surface area contributed by atoms with Gasteiger partial charge in [-0.3, -0.25) is 9.10 Å². The Bertz CT molecular complexity index is 953. The standard InChI is InChI=1S/C24H32N2O4S/c1-4-23(30-22-12-10-21(11-13-22)25(2)31(3,28)29)24(27)26-16-14-20(15-17-26)18-19-8-6-5-7-9-19/h5-13,20,23H,4,14-18H2,1-3H3/t23-/m1/s1. The van der Waals surface area contributed by atoms with Crippen molar-refractivity contribution in [2.75, 3.05) is 30.7 Å². The Morgan fingerprint density at radius 3 is 2.26 bits per heavy atom. The maximum atomic E-state index is 13.0. The molecule has 31 heavy (non-hydrogen) atoms. The van der Waals surface area contributed by atoms with Crippen molar-refractivity contribution in [1.29, 1.82) is 0 Å². The van der Waals surface area contributed by atoms with Gasteiger partial charge in [0, 0.05) is 20.1 Å². The Hall–Kier alpha value is -2.54. The maximum absolute atomic E-state index is 13.0. The highest BCUT2D eigenvalue weighted by atomic mass is 32.2. The third-order valence-corrected chi connectivity index (χ3v) is 7.12. The number of anilines is 1. The number of carbonyl (C=O) groups excluding carboxylic acids is 1. The molecule has 2 aromatic rings. The Labute approximate surface area is 185 Å². The molecule has 0 aliphatic carbocycles. The first-order valence-corrected chi connectivity index (χ1v) is 12.7. The quantitative estimate of drug-likeness (QED) is 0.622. The number of ether oxygens (including phenoxy) is 1. The highest BCUT2D eigenvalue weighted by molar-refractivity contribution is 7.92. The molecule has 0 N–H and O–H groups in total. The highest BCUT2D eigenvalue weighted by Crippen LogP contribution is 2.25. The van der Waals surface area contributed by atoms with Crippen LogP contribution >= 0.6 is 0 Å². The van der Waals surface area contributed by atoms with Crippen LogP contribution < -0.4 is 9.04 Å². The second-order valence-corrected chi connectivity index (χ2v) is 10.2. The van der Waals surface area contributed by atoms with E-state index >= 15 is 0 Å². The summed E-state index contributed by atoms with van der Waals surface area (Å²) in [6.07, 6.45) is 4.27. The van der Waals surface area contributed by atoms with Crippen LogP contribution in [0.3, 0.4) is 0 Å². The van der Waals surface area contributed by atoms with Gasteiger partial charge in [0.2, 0.25) is 10.0 Å². The molecule has 7 heteroatoms. The molecular formula is C24H32N2O4S. The first kappa shape index (κ1) is 23.1. The minimum Gasteiger partial charge on any atom is -0.481 e. The van der Waals surface area contributed by atoms with Gasteiger partial charge in [-0.05, 0) is 61.4 Å². The molecule has 1 amide bonds. The van der Waals surface area contributed by atoms with Crippen LogP contribution in [0.15, 0.2) is 54.6 Å². The second kappa shape index (κ2) is 10.2. The van der Waals surface area contributed by atoms with E-state index in [-0.39, 0.29) is 5.91 Å². The van der Waals surface area contributed by atoms with Gasteiger partial charge in [0.25, 0.3) is 5.91 Å². The molecule has 1 fully saturated rings. The fourth-order valence-corrected chi connectivity index (χ4v) is 4.41. The number of amides is 1. The summed E-state index contributed by atoms with van der Waals surface area (Å²) < 4.78 is 30.5. The van der Waals surface area contributed by atoms with Gasteiger partial charge in [0.15, 0.2) is 6.10 Å². The van der Waals surface area contributed by atoms with E-state index in [1.54, 1.807) is 24.3 Å². The third-order valence-electron chi connectivity index (χ3n) is 5.92. The molecule has 1 saturated heterocycles. The van der Waals surface area contributed by atoms with E-state index in [1.807, 2.05) is 17.9 Å². The SMILES string of the molecule is CC[C@@H](Oc1ccc(N(C)S(C)(=O)=O)cc1)C(=O)N1CCC(Cc2ccccc2)CC1. The van der Waals surface area contributed by atoms with E-state index < -0.39 is 16.1 Å². The van der Waals surface area contributed by atoms with Crippen LogP contribution in [0.25, 0.3) is 0 Å². The van der Waals surface area contributed by atoms with Crippen LogP contribution in [-0.4, -0.2) is 51.7 Å². The molecular weight excluding hydrogens is 412 g/mol. The van der Waals surface area contributed by atoms with Gasteiger partial charge in [0.05, 0.1) is 11.9 Å². The van der Waals surface area contributed by atoms with Crippen molar-refractivity contribution in [3.63, 3.8) is 0 Å². The van der Waals surface area contributed by atoms with Crippen molar-refractivity contribution in [1.82, 2.24) is 4.90 Å². The lowest BCUT2D eigenvalue weighted by Gasteiger charge is -2.34. The first-order chi connectivity index (χ1) is 14.8. The van der Waals surface area contributed by atoms with E-state index in [4.69, 9.17) is 4.74 Å². The van der Waals surface area contributed by atoms with Crippen molar-refractivity contribution >= 4 is 21.6 Å². The number of piperidine rings is 1. The number of hydrogen-bond acceptors (Lipinski definition) is 4. The molecule has 0 spiro atoms. The average molecular weight is 445 g/mol. The molecule has 0 saturated carbocycles. The van der Waals surface area contributed by atoms with Crippen molar-refractivity contribution in [3.05, 3.63) is 60.2 Å². The molecule has 0 radical (unpaired) electrons. The minimum atomic E-state index is -3.32. The highest BCUT2D eigenvalue weighted by Gasteiger charge is 2.28. The van der Waals surface area contributed by atoms with Crippen LogP contribution in [0.5, 0.6) is 5.75 Å². The van der Waals surface area contributed by atoms with E-state index in [9.17, 15) is 13.2 Å². The number of benzene rings is 2. The van der Waals surface area contributed by atoms with E-state index in [0.29, 0.717) is 23.8 Å². The van der Waals surface area contributed by atoms with Crippen LogP contribution in [-0.2, 0) is 21.2 Å². The number of nitrogens with zero attached hydrogens (tertiary/aromatic N) is 2. The smallest absolute Gasteiger partial charge is 0.263 e. The van der Waals surface area contributed by atoms with E-state index in [0.717, 1.165) is 38.6 Å². The summed E-state index contributed by atoms with van der Waals surface area (Å²) in [6.45, 7) is 3.46. The minimum absolute atomic E-state index is 0.0259. The monoisotopic (exact) mass is 444 g/mol. The fraction of sp³-hybridized carbons (Fsp3) is 0.458. The normalized spacial score (nSPS) is 16.0. The molecule has 1 aliphatic heterocycles. The van der Waals surface area contributed by atoms with Crippen molar-refractivity contribution in [3.8, 4) is 5.75 Å². The van der Waals surface area contributed by atoms with Gasteiger partial charge >= 0.3 is 0 Å². The predicted molar refractivity (Wildman–Crippen MR) is 124 cm³/mol. The summed E-state index contributed by atoms with van der Waals surface area (Å²) in [7, 11) is -1.81. The molecule has 2 aromatic carbocycles. The summed E-state index contributed by atoms with van der Waals surface area (Å²) in [6, 6.07) is 17.3. The van der Waals surface area contributed by atoms with E-state index in [2.05, 4.69) is 24.3 Å². The summed E-state index contributed by atoms with van der Waals surface area (Å²) >= 11 is 0. The molecule has 1 heterocycles. The zero-order valence-corrected chi connectivity index (χ0v) is 19.3. The summed E-state index contributed by atoms with van der Waals surface area (Å²) in [4.78, 5) is 14.9.